The number of hydrogen-bond acceptors (Lipinski definition) is 1. The van der Waals surface area contributed by atoms with Gasteiger partial charge in [-0.1, -0.05) is 0 Å². The largest absolute Gasteiger partial charge is 0.479 e. The molecular formula is C11HF19O2. The van der Waals surface area contributed by atoms with Crippen LogP contribution in [0.1, 0.15) is 0 Å². The Morgan fingerprint density at radius 3 is 1.16 bits per heavy atom. The van der Waals surface area contributed by atoms with Crippen LogP contribution in [-0.4, -0.2) is 70.0 Å². The molecule has 1 rings (SSSR count). The minimum Gasteiger partial charge on any atom is -0.479 e. The van der Waals surface area contributed by atoms with Gasteiger partial charge in [-0.15, -0.1) is 0 Å². The van der Waals surface area contributed by atoms with Crippen LogP contribution in [0.5, 0.6) is 0 Å². The first kappa shape index (κ1) is 28.2. The van der Waals surface area contributed by atoms with Crippen LogP contribution in [0.4, 0.5) is 83.4 Å². The van der Waals surface area contributed by atoms with E-state index in [4.69, 9.17) is 5.11 Å². The van der Waals surface area contributed by atoms with E-state index in [2.05, 4.69) is 0 Å². The van der Waals surface area contributed by atoms with Crippen LogP contribution in [0.15, 0.2) is 0 Å². The van der Waals surface area contributed by atoms with E-state index >= 15 is 0 Å². The van der Waals surface area contributed by atoms with Crippen LogP contribution in [0.3, 0.4) is 0 Å². The molecule has 32 heavy (non-hydrogen) atoms. The zero-order chi connectivity index (χ0) is 26.6. The fourth-order valence-electron chi connectivity index (χ4n) is 2.52. The Kier molecular flexibility index (Phi) is 5.43. The molecule has 190 valence electrons. The number of rotatable bonds is 4. The summed E-state index contributed by atoms with van der Waals surface area (Å²) in [5.41, 5.74) is -17.2. The molecule has 1 aliphatic carbocycles. The van der Waals surface area contributed by atoms with Gasteiger partial charge in [-0.25, -0.2) is 13.6 Å². The number of carboxylic acid groups (broad SMARTS) is 1. The summed E-state index contributed by atoms with van der Waals surface area (Å²) in [4.78, 5) is 10.4. The summed E-state index contributed by atoms with van der Waals surface area (Å²) in [5.74, 6) is -65.7. The molecule has 0 spiro atoms. The van der Waals surface area contributed by atoms with Gasteiger partial charge < -0.3 is 5.11 Å². The van der Waals surface area contributed by atoms with Crippen LogP contribution >= 0.6 is 0 Å². The van der Waals surface area contributed by atoms with Crippen molar-refractivity contribution in [1.82, 2.24) is 0 Å². The van der Waals surface area contributed by atoms with Gasteiger partial charge in [-0.3, -0.25) is 0 Å². The Morgan fingerprint density at radius 2 is 0.875 bits per heavy atom. The van der Waals surface area contributed by atoms with Crippen molar-refractivity contribution >= 4 is 5.97 Å². The molecule has 1 fully saturated rings. The lowest BCUT2D eigenvalue weighted by Gasteiger charge is -2.56. The zero-order valence-corrected chi connectivity index (χ0v) is 13.5. The highest BCUT2D eigenvalue weighted by Crippen LogP contribution is 2.74. The third kappa shape index (κ3) is 2.34. The lowest BCUT2D eigenvalue weighted by Crippen LogP contribution is -2.91. The van der Waals surface area contributed by atoms with E-state index in [9.17, 15) is 88.2 Å². The van der Waals surface area contributed by atoms with E-state index in [0.717, 1.165) is 0 Å². The molecule has 1 saturated carbocycles. The van der Waals surface area contributed by atoms with Crippen molar-refractivity contribution in [1.29, 1.82) is 0 Å². The molecular weight excluding hydrogens is 525 g/mol. The summed E-state index contributed by atoms with van der Waals surface area (Å²) in [6.07, 6.45) is -8.05. The van der Waals surface area contributed by atoms with E-state index in [1.807, 2.05) is 0 Å². The molecule has 0 bridgehead atoms. The van der Waals surface area contributed by atoms with E-state index in [-0.39, 0.29) is 0 Å². The Bertz CT molecular complexity index is 796. The van der Waals surface area contributed by atoms with Crippen molar-refractivity contribution < 1.29 is 93.3 Å². The lowest BCUT2D eigenvalue weighted by atomic mass is 9.63. The predicted molar refractivity (Wildman–Crippen MR) is 56.0 cm³/mol. The normalized spacial score (nSPS) is 32.5. The maximum atomic E-state index is 14.3. The maximum absolute atomic E-state index is 14.3. The number of carboxylic acids is 1. The fraction of sp³-hybridized carbons (Fsp3) is 0.909. The first-order valence-corrected chi connectivity index (χ1v) is 6.77. The summed E-state index contributed by atoms with van der Waals surface area (Å²) in [6, 6.07) is 0. The van der Waals surface area contributed by atoms with E-state index in [0.29, 0.717) is 0 Å². The van der Waals surface area contributed by atoms with Crippen molar-refractivity contribution in [3.63, 3.8) is 0 Å². The van der Waals surface area contributed by atoms with Gasteiger partial charge in [-0.05, 0) is 0 Å². The van der Waals surface area contributed by atoms with Crippen molar-refractivity contribution in [3.05, 3.63) is 0 Å². The monoisotopic (exact) mass is 526 g/mol. The molecule has 0 aromatic rings. The summed E-state index contributed by atoms with van der Waals surface area (Å²) in [6.45, 7) is 0. The van der Waals surface area contributed by atoms with E-state index in [1.54, 1.807) is 0 Å². The summed E-state index contributed by atoms with van der Waals surface area (Å²) < 4.78 is 252. The van der Waals surface area contributed by atoms with Crippen molar-refractivity contribution in [2.45, 2.75) is 59.0 Å². The van der Waals surface area contributed by atoms with Gasteiger partial charge in [-0.2, -0.15) is 74.6 Å². The Hall–Kier alpha value is -1.86. The average molecular weight is 526 g/mol. The minimum atomic E-state index is -9.21. The highest BCUT2D eigenvalue weighted by molar-refractivity contribution is 5.82. The topological polar surface area (TPSA) is 37.3 Å². The fourth-order valence-corrected chi connectivity index (χ4v) is 2.52. The predicted octanol–water partition coefficient (Wildman–Crippen LogP) is 5.51. The molecule has 2 nitrogen and oxygen atoms in total. The molecule has 0 saturated heterocycles. The van der Waals surface area contributed by atoms with E-state index < -0.39 is 64.9 Å². The van der Waals surface area contributed by atoms with Gasteiger partial charge >= 0.3 is 64.9 Å². The number of aliphatic carboxylic acids is 1. The molecule has 2 unspecified atom stereocenters. The van der Waals surface area contributed by atoms with Crippen molar-refractivity contribution in [2.24, 2.45) is 0 Å². The second-order valence-corrected chi connectivity index (χ2v) is 6.14. The van der Waals surface area contributed by atoms with Crippen molar-refractivity contribution in [3.8, 4) is 0 Å². The Labute approximate surface area is 159 Å². The number of carbonyl (C=O) groups is 1. The SMILES string of the molecule is O=C(O)C1(F)C(F)(F)C(F)(F)C(F)(F)C(F)(C(F)(F)C(F)(F)C(F)(F)C(F)(F)F)C1(F)F. The number of hydrogen-bond donors (Lipinski definition) is 1. The van der Waals surface area contributed by atoms with Crippen LogP contribution in [0.2, 0.25) is 0 Å². The molecule has 0 radical (unpaired) electrons. The van der Waals surface area contributed by atoms with Gasteiger partial charge in [0, 0.05) is 0 Å². The second-order valence-electron chi connectivity index (χ2n) is 6.14. The average Bonchev–Trinajstić information content (AvgIpc) is 2.56. The van der Waals surface area contributed by atoms with Gasteiger partial charge in [0.2, 0.25) is 0 Å². The molecule has 0 heterocycles. The highest BCUT2D eigenvalue weighted by atomic mass is 19.4. The Balaban J connectivity index is 4.28. The van der Waals surface area contributed by atoms with Crippen LogP contribution in [-0.2, 0) is 4.79 Å². The molecule has 0 aliphatic heterocycles. The third-order valence-electron chi connectivity index (χ3n) is 4.39. The molecule has 21 heteroatoms. The van der Waals surface area contributed by atoms with Gasteiger partial charge in [0.25, 0.3) is 0 Å². The molecule has 1 aliphatic rings. The molecule has 2 atom stereocenters. The quantitative estimate of drug-likeness (QED) is 0.491. The highest BCUT2D eigenvalue weighted by Gasteiger charge is 3.08. The maximum Gasteiger partial charge on any atom is 0.460 e. The third-order valence-corrected chi connectivity index (χ3v) is 4.39. The van der Waals surface area contributed by atoms with E-state index in [1.165, 1.54) is 0 Å². The first-order valence-electron chi connectivity index (χ1n) is 6.77. The molecule has 0 aromatic carbocycles. The standard InChI is InChI=1S/C11HF19O2/c12-2(1(31)32)4(14,15)3(13,6(18,19)8(22,23)5(2,16)17)7(20,21)9(24,25)10(26,27)11(28,29)30/h(H,31,32). The molecule has 0 aromatic heterocycles. The Morgan fingerprint density at radius 1 is 0.531 bits per heavy atom. The second kappa shape index (κ2) is 6.17. The zero-order valence-electron chi connectivity index (χ0n) is 13.5. The summed E-state index contributed by atoms with van der Waals surface area (Å²) in [5, 5.41) is 8.02. The number of alkyl halides is 19. The lowest BCUT2D eigenvalue weighted by molar-refractivity contribution is -0.504. The summed E-state index contributed by atoms with van der Waals surface area (Å²) in [7, 11) is 0. The van der Waals surface area contributed by atoms with Crippen LogP contribution in [0, 0.1) is 0 Å². The molecule has 1 N–H and O–H groups in total. The van der Waals surface area contributed by atoms with Gasteiger partial charge in [0.15, 0.2) is 0 Å². The molecule has 0 amide bonds. The smallest absolute Gasteiger partial charge is 0.460 e. The van der Waals surface area contributed by atoms with Crippen LogP contribution < -0.4 is 0 Å². The van der Waals surface area contributed by atoms with Crippen LogP contribution in [0.25, 0.3) is 0 Å². The van der Waals surface area contributed by atoms with Crippen molar-refractivity contribution in [2.75, 3.05) is 0 Å². The first-order chi connectivity index (χ1) is 13.4. The minimum absolute atomic E-state index is 4.88. The van der Waals surface area contributed by atoms with Gasteiger partial charge in [0.1, 0.15) is 0 Å². The number of halogens is 19. The summed E-state index contributed by atoms with van der Waals surface area (Å²) >= 11 is 0. The van der Waals surface area contributed by atoms with Gasteiger partial charge in [0.05, 0.1) is 0 Å².